The molecule has 0 aromatic heterocycles. The molecule has 0 aliphatic carbocycles. The fourth-order valence-electron chi connectivity index (χ4n) is 1.84. The molecule has 82 valence electrons. The van der Waals surface area contributed by atoms with E-state index in [1.807, 2.05) is 0 Å². The Labute approximate surface area is 86.6 Å². The minimum atomic E-state index is 0.218. The van der Waals surface area contributed by atoms with Crippen LogP contribution in [0.3, 0.4) is 0 Å². The largest absolute Gasteiger partial charge is 0.356 e. The van der Waals surface area contributed by atoms with Gasteiger partial charge < -0.3 is 10.6 Å². The van der Waals surface area contributed by atoms with E-state index in [1.165, 1.54) is 0 Å². The van der Waals surface area contributed by atoms with E-state index in [1.54, 1.807) is 0 Å². The Morgan fingerprint density at radius 2 is 2.29 bits per heavy atom. The van der Waals surface area contributed by atoms with Gasteiger partial charge in [-0.1, -0.05) is 20.8 Å². The first kappa shape index (κ1) is 11.5. The number of carbonyl (C=O) groups excluding carboxylic acids is 1. The summed E-state index contributed by atoms with van der Waals surface area (Å²) in [5, 5.41) is 6.32. The number of hydrogen-bond donors (Lipinski definition) is 2. The van der Waals surface area contributed by atoms with Gasteiger partial charge in [0.25, 0.3) is 0 Å². The fraction of sp³-hybridized carbons (Fsp3) is 0.909. The van der Waals surface area contributed by atoms with E-state index in [2.05, 4.69) is 31.4 Å². The van der Waals surface area contributed by atoms with E-state index in [0.717, 1.165) is 26.1 Å². The van der Waals surface area contributed by atoms with Crippen LogP contribution in [0.15, 0.2) is 0 Å². The molecule has 3 nitrogen and oxygen atoms in total. The third kappa shape index (κ3) is 3.29. The van der Waals surface area contributed by atoms with E-state index >= 15 is 0 Å². The second-order valence-corrected chi connectivity index (χ2v) is 4.72. The Kier molecular flexibility index (Phi) is 4.39. The Bertz CT molecular complexity index is 192. The molecule has 1 fully saturated rings. The Morgan fingerprint density at radius 3 is 2.86 bits per heavy atom. The quantitative estimate of drug-likeness (QED) is 0.710. The van der Waals surface area contributed by atoms with Gasteiger partial charge in [0.2, 0.25) is 5.91 Å². The molecule has 1 rings (SSSR count). The van der Waals surface area contributed by atoms with Crippen molar-refractivity contribution in [3.05, 3.63) is 0 Å². The van der Waals surface area contributed by atoms with Gasteiger partial charge in [0.1, 0.15) is 0 Å². The van der Waals surface area contributed by atoms with Crippen LogP contribution in [0.25, 0.3) is 0 Å². The van der Waals surface area contributed by atoms with Crippen molar-refractivity contribution >= 4 is 5.91 Å². The van der Waals surface area contributed by atoms with Crippen LogP contribution in [0.1, 0.15) is 27.2 Å². The van der Waals surface area contributed by atoms with Crippen LogP contribution < -0.4 is 10.6 Å². The zero-order valence-electron chi connectivity index (χ0n) is 9.47. The van der Waals surface area contributed by atoms with Gasteiger partial charge in [0.15, 0.2) is 0 Å². The number of nitrogens with one attached hydrogen (secondary N) is 2. The molecule has 1 aliphatic heterocycles. The van der Waals surface area contributed by atoms with Crippen molar-refractivity contribution < 1.29 is 4.79 Å². The van der Waals surface area contributed by atoms with Crippen molar-refractivity contribution in [2.45, 2.75) is 27.2 Å². The molecular formula is C11H22N2O. The summed E-state index contributed by atoms with van der Waals surface area (Å²) < 4.78 is 0. The fourth-order valence-corrected chi connectivity index (χ4v) is 1.84. The third-order valence-corrected chi connectivity index (χ3v) is 2.81. The highest BCUT2D eigenvalue weighted by Crippen LogP contribution is 2.18. The predicted octanol–water partition coefficient (Wildman–Crippen LogP) is 1.00. The molecule has 1 saturated heterocycles. The molecule has 0 saturated carbocycles. The van der Waals surface area contributed by atoms with Crippen molar-refractivity contribution in [3.63, 3.8) is 0 Å². The number of piperidine rings is 1. The molecule has 0 aromatic carbocycles. The van der Waals surface area contributed by atoms with Crippen LogP contribution >= 0.6 is 0 Å². The van der Waals surface area contributed by atoms with Crippen molar-refractivity contribution in [2.75, 3.05) is 19.6 Å². The number of carbonyl (C=O) groups is 1. The molecular weight excluding hydrogens is 176 g/mol. The molecule has 0 aromatic rings. The number of amides is 1. The highest BCUT2D eigenvalue weighted by atomic mass is 16.1. The average Bonchev–Trinajstić information content (AvgIpc) is 2.15. The van der Waals surface area contributed by atoms with Gasteiger partial charge in [0.05, 0.1) is 0 Å². The molecule has 2 N–H and O–H groups in total. The van der Waals surface area contributed by atoms with Gasteiger partial charge in [-0.2, -0.15) is 0 Å². The van der Waals surface area contributed by atoms with Crippen LogP contribution in [0.2, 0.25) is 0 Å². The monoisotopic (exact) mass is 198 g/mol. The minimum absolute atomic E-state index is 0.218. The maximum absolute atomic E-state index is 11.8. The molecule has 1 amide bonds. The standard InChI is InChI=1S/C11H22N2O/c1-8(2)6-13-11(14)10-4-5-12-7-9(10)3/h8-10,12H,4-7H2,1-3H3,(H,13,14). The van der Waals surface area contributed by atoms with Gasteiger partial charge in [-0.15, -0.1) is 0 Å². The maximum Gasteiger partial charge on any atom is 0.223 e. The molecule has 2 atom stereocenters. The first-order valence-electron chi connectivity index (χ1n) is 5.59. The SMILES string of the molecule is CC(C)CNC(=O)C1CCNCC1C. The number of hydrogen-bond acceptors (Lipinski definition) is 2. The van der Waals surface area contributed by atoms with Crippen molar-refractivity contribution in [3.8, 4) is 0 Å². The lowest BCUT2D eigenvalue weighted by atomic mass is 9.87. The molecule has 2 unspecified atom stereocenters. The molecule has 1 heterocycles. The van der Waals surface area contributed by atoms with Crippen LogP contribution in [-0.4, -0.2) is 25.5 Å². The van der Waals surface area contributed by atoms with E-state index in [-0.39, 0.29) is 11.8 Å². The third-order valence-electron chi connectivity index (χ3n) is 2.81. The molecule has 14 heavy (non-hydrogen) atoms. The molecule has 1 aliphatic rings. The van der Waals surface area contributed by atoms with Crippen molar-refractivity contribution in [1.82, 2.24) is 10.6 Å². The van der Waals surface area contributed by atoms with Crippen LogP contribution in [-0.2, 0) is 4.79 Å². The topological polar surface area (TPSA) is 41.1 Å². The van der Waals surface area contributed by atoms with Crippen LogP contribution in [0.4, 0.5) is 0 Å². The lowest BCUT2D eigenvalue weighted by Gasteiger charge is -2.28. The smallest absolute Gasteiger partial charge is 0.223 e. The van der Waals surface area contributed by atoms with Gasteiger partial charge in [-0.25, -0.2) is 0 Å². The minimum Gasteiger partial charge on any atom is -0.356 e. The summed E-state index contributed by atoms with van der Waals surface area (Å²) in [7, 11) is 0. The van der Waals surface area contributed by atoms with Gasteiger partial charge in [-0.05, 0) is 31.3 Å². The Balaban J connectivity index is 2.34. The van der Waals surface area contributed by atoms with Gasteiger partial charge in [0, 0.05) is 12.5 Å². The Morgan fingerprint density at radius 1 is 1.57 bits per heavy atom. The summed E-state index contributed by atoms with van der Waals surface area (Å²) in [6.45, 7) is 9.13. The molecule has 3 heteroatoms. The van der Waals surface area contributed by atoms with Crippen molar-refractivity contribution in [2.24, 2.45) is 17.8 Å². The number of rotatable bonds is 3. The summed E-state index contributed by atoms with van der Waals surface area (Å²) in [6, 6.07) is 0. The average molecular weight is 198 g/mol. The Hall–Kier alpha value is -0.570. The lowest BCUT2D eigenvalue weighted by molar-refractivity contribution is -0.127. The molecule has 0 bridgehead atoms. The maximum atomic E-state index is 11.8. The predicted molar refractivity (Wildman–Crippen MR) is 58.0 cm³/mol. The zero-order valence-corrected chi connectivity index (χ0v) is 9.47. The second-order valence-electron chi connectivity index (χ2n) is 4.72. The van der Waals surface area contributed by atoms with E-state index in [9.17, 15) is 4.79 Å². The van der Waals surface area contributed by atoms with Gasteiger partial charge in [-0.3, -0.25) is 4.79 Å². The van der Waals surface area contributed by atoms with Crippen LogP contribution in [0.5, 0.6) is 0 Å². The summed E-state index contributed by atoms with van der Waals surface area (Å²) in [5.74, 6) is 1.47. The lowest BCUT2D eigenvalue weighted by Crippen LogP contribution is -2.44. The second kappa shape index (κ2) is 5.35. The van der Waals surface area contributed by atoms with Crippen molar-refractivity contribution in [1.29, 1.82) is 0 Å². The van der Waals surface area contributed by atoms with Gasteiger partial charge >= 0.3 is 0 Å². The summed E-state index contributed by atoms with van der Waals surface area (Å²) in [4.78, 5) is 11.8. The molecule has 0 radical (unpaired) electrons. The zero-order chi connectivity index (χ0) is 10.6. The van der Waals surface area contributed by atoms with E-state index in [0.29, 0.717) is 11.8 Å². The van der Waals surface area contributed by atoms with E-state index < -0.39 is 0 Å². The highest BCUT2D eigenvalue weighted by Gasteiger charge is 2.27. The van der Waals surface area contributed by atoms with Crippen LogP contribution in [0, 0.1) is 17.8 Å². The normalized spacial score (nSPS) is 27.7. The molecule has 0 spiro atoms. The highest BCUT2D eigenvalue weighted by molar-refractivity contribution is 5.79. The summed E-state index contributed by atoms with van der Waals surface area (Å²) >= 11 is 0. The summed E-state index contributed by atoms with van der Waals surface area (Å²) in [6.07, 6.45) is 0.977. The van der Waals surface area contributed by atoms with E-state index in [4.69, 9.17) is 0 Å². The first-order valence-corrected chi connectivity index (χ1v) is 5.59. The first-order chi connectivity index (χ1) is 6.61. The summed E-state index contributed by atoms with van der Waals surface area (Å²) in [5.41, 5.74) is 0.